The molecule has 0 bridgehead atoms. The van der Waals surface area contributed by atoms with Gasteiger partial charge < -0.3 is 5.73 Å². The highest BCUT2D eigenvalue weighted by Gasteiger charge is 1.88. The summed E-state index contributed by atoms with van der Waals surface area (Å²) in [6.07, 6.45) is 0. The molecule has 0 aliphatic heterocycles. The van der Waals surface area contributed by atoms with Crippen LogP contribution in [-0.4, -0.2) is 4.98 Å². The summed E-state index contributed by atoms with van der Waals surface area (Å²) in [5.74, 6) is 0. The highest BCUT2D eigenvalue weighted by Crippen LogP contribution is 2.18. The van der Waals surface area contributed by atoms with Crippen LogP contribution in [-0.2, 0) is 0 Å². The van der Waals surface area contributed by atoms with E-state index in [0.29, 0.717) is 5.13 Å². The van der Waals surface area contributed by atoms with E-state index in [-0.39, 0.29) is 7.43 Å². The molecule has 0 amide bonds. The zero-order valence-electron chi connectivity index (χ0n) is 10.9. The second-order valence-corrected chi connectivity index (χ2v) is 5.12. The maximum absolute atomic E-state index is 5.29. The molecule has 0 fully saturated rings. The van der Waals surface area contributed by atoms with Gasteiger partial charge in [-0.1, -0.05) is 39.5 Å². The SMILES string of the molecule is C.CC.Cc1csc(N)n1.c1ccc2sccc2c1. The van der Waals surface area contributed by atoms with Gasteiger partial charge in [0.05, 0.1) is 5.69 Å². The standard InChI is InChI=1S/C8H6S.C4H6N2S.C2H6.CH4/c1-2-4-8-7(3-1)5-6-9-8;1-3-2-7-4(5)6-3;1-2;/h1-6H;2H,1H3,(H2,5,6);1-2H3;1H4. The molecule has 4 heteroatoms. The number of benzene rings is 1. The van der Waals surface area contributed by atoms with Crippen LogP contribution < -0.4 is 5.73 Å². The number of hydrogen-bond acceptors (Lipinski definition) is 4. The van der Waals surface area contributed by atoms with E-state index in [0.717, 1.165) is 5.69 Å². The number of fused-ring (bicyclic) bond motifs is 1. The second-order valence-electron chi connectivity index (χ2n) is 3.29. The van der Waals surface area contributed by atoms with Crippen LogP contribution in [0.5, 0.6) is 0 Å². The van der Waals surface area contributed by atoms with Crippen molar-refractivity contribution >= 4 is 37.9 Å². The van der Waals surface area contributed by atoms with Crippen LogP contribution >= 0.6 is 22.7 Å². The van der Waals surface area contributed by atoms with Crippen molar-refractivity contribution in [2.24, 2.45) is 0 Å². The Bertz CT molecular complexity index is 523. The van der Waals surface area contributed by atoms with Gasteiger partial charge in [-0.25, -0.2) is 4.98 Å². The number of rotatable bonds is 0. The molecule has 0 radical (unpaired) electrons. The Morgan fingerprint density at radius 1 is 1.05 bits per heavy atom. The highest BCUT2D eigenvalue weighted by atomic mass is 32.1. The number of thiophene rings is 1. The monoisotopic (exact) mass is 294 g/mol. The molecule has 2 aromatic heterocycles. The molecule has 2 N–H and O–H groups in total. The molecule has 0 spiro atoms. The number of hydrogen-bond donors (Lipinski definition) is 1. The second kappa shape index (κ2) is 9.53. The summed E-state index contributed by atoms with van der Waals surface area (Å²) in [5, 5.41) is 6.04. The van der Waals surface area contributed by atoms with Crippen molar-refractivity contribution in [1.82, 2.24) is 4.98 Å². The van der Waals surface area contributed by atoms with Crippen LogP contribution in [0.2, 0.25) is 0 Å². The summed E-state index contributed by atoms with van der Waals surface area (Å²) < 4.78 is 1.37. The summed E-state index contributed by atoms with van der Waals surface area (Å²) in [4.78, 5) is 3.91. The van der Waals surface area contributed by atoms with Gasteiger partial charge in [-0.3, -0.25) is 0 Å². The minimum Gasteiger partial charge on any atom is -0.375 e. The Labute approximate surface area is 123 Å². The van der Waals surface area contributed by atoms with Crippen LogP contribution in [0, 0.1) is 6.92 Å². The first-order chi connectivity index (χ1) is 8.75. The number of thiazole rings is 1. The zero-order chi connectivity index (χ0) is 13.4. The Morgan fingerprint density at radius 3 is 2.21 bits per heavy atom. The summed E-state index contributed by atoms with van der Waals surface area (Å²) in [7, 11) is 0. The lowest BCUT2D eigenvalue weighted by Gasteiger charge is -1.82. The molecule has 2 heterocycles. The number of nitrogens with two attached hydrogens (primary N) is 1. The number of aryl methyl sites for hydroxylation is 1. The molecule has 19 heavy (non-hydrogen) atoms. The van der Waals surface area contributed by atoms with Gasteiger partial charge in [0.1, 0.15) is 0 Å². The Balaban J connectivity index is 0.000000296. The van der Waals surface area contributed by atoms with Crippen molar-refractivity contribution in [1.29, 1.82) is 0 Å². The third kappa shape index (κ3) is 5.85. The van der Waals surface area contributed by atoms with E-state index in [2.05, 4.69) is 40.7 Å². The molecule has 1 aromatic carbocycles. The molecule has 0 saturated carbocycles. The largest absolute Gasteiger partial charge is 0.375 e. The molecule has 0 aliphatic rings. The minimum absolute atomic E-state index is 0. The van der Waals surface area contributed by atoms with Crippen LogP contribution in [0.3, 0.4) is 0 Å². The lowest BCUT2D eigenvalue weighted by atomic mass is 10.3. The van der Waals surface area contributed by atoms with Crippen LogP contribution in [0.1, 0.15) is 27.0 Å². The van der Waals surface area contributed by atoms with E-state index in [9.17, 15) is 0 Å². The summed E-state index contributed by atoms with van der Waals surface area (Å²) >= 11 is 3.26. The van der Waals surface area contributed by atoms with Crippen molar-refractivity contribution in [3.05, 3.63) is 46.8 Å². The summed E-state index contributed by atoms with van der Waals surface area (Å²) in [6.45, 7) is 5.92. The molecule has 0 unspecified atom stereocenters. The van der Waals surface area contributed by atoms with Crippen molar-refractivity contribution in [2.75, 3.05) is 5.73 Å². The lowest BCUT2D eigenvalue weighted by Crippen LogP contribution is -1.80. The summed E-state index contributed by atoms with van der Waals surface area (Å²) in [6, 6.07) is 10.5. The fraction of sp³-hybridized carbons (Fsp3) is 0.267. The average Bonchev–Trinajstić information content (AvgIpc) is 3.01. The molecule has 2 nitrogen and oxygen atoms in total. The quantitative estimate of drug-likeness (QED) is 0.586. The predicted octanol–water partition coefficient (Wildman–Crippen LogP) is 5.60. The van der Waals surface area contributed by atoms with E-state index < -0.39 is 0 Å². The molecule has 3 rings (SSSR count). The van der Waals surface area contributed by atoms with Crippen molar-refractivity contribution < 1.29 is 0 Å². The Morgan fingerprint density at radius 2 is 1.74 bits per heavy atom. The van der Waals surface area contributed by atoms with Gasteiger partial charge in [0.25, 0.3) is 0 Å². The zero-order valence-corrected chi connectivity index (χ0v) is 12.5. The molecule has 0 aliphatic carbocycles. The van der Waals surface area contributed by atoms with E-state index in [1.807, 2.05) is 26.2 Å². The highest BCUT2D eigenvalue weighted by molar-refractivity contribution is 7.17. The first-order valence-electron chi connectivity index (χ1n) is 5.85. The van der Waals surface area contributed by atoms with Crippen LogP contribution in [0.15, 0.2) is 41.1 Å². The fourth-order valence-corrected chi connectivity index (χ4v) is 2.61. The third-order valence-corrected chi connectivity index (χ3v) is 3.69. The fourth-order valence-electron chi connectivity index (χ4n) is 1.28. The molecular formula is C15H22N2S2. The van der Waals surface area contributed by atoms with Gasteiger partial charge in [-0.15, -0.1) is 22.7 Å². The van der Waals surface area contributed by atoms with E-state index in [4.69, 9.17) is 5.73 Å². The number of nitrogen functional groups attached to an aromatic ring is 1. The minimum atomic E-state index is 0. The first-order valence-corrected chi connectivity index (χ1v) is 7.61. The van der Waals surface area contributed by atoms with Gasteiger partial charge in [0.2, 0.25) is 0 Å². The number of anilines is 1. The van der Waals surface area contributed by atoms with Gasteiger partial charge in [-0.2, -0.15) is 0 Å². The van der Waals surface area contributed by atoms with Gasteiger partial charge in [0, 0.05) is 10.1 Å². The van der Waals surface area contributed by atoms with Gasteiger partial charge in [-0.05, 0) is 29.8 Å². The maximum Gasteiger partial charge on any atom is 0.180 e. The molecule has 3 aromatic rings. The average molecular weight is 294 g/mol. The third-order valence-electron chi connectivity index (χ3n) is 2.00. The molecule has 104 valence electrons. The van der Waals surface area contributed by atoms with Crippen molar-refractivity contribution in [2.45, 2.75) is 28.2 Å². The lowest BCUT2D eigenvalue weighted by molar-refractivity contribution is 1.27. The number of nitrogens with zero attached hydrogens (tertiary/aromatic N) is 1. The number of aromatic nitrogens is 1. The van der Waals surface area contributed by atoms with E-state index in [1.165, 1.54) is 21.4 Å². The van der Waals surface area contributed by atoms with Crippen molar-refractivity contribution in [3.63, 3.8) is 0 Å². The van der Waals surface area contributed by atoms with E-state index >= 15 is 0 Å². The van der Waals surface area contributed by atoms with E-state index in [1.54, 1.807) is 11.3 Å². The topological polar surface area (TPSA) is 38.9 Å². The van der Waals surface area contributed by atoms with Gasteiger partial charge >= 0.3 is 0 Å². The molecule has 0 saturated heterocycles. The van der Waals surface area contributed by atoms with Crippen LogP contribution in [0.25, 0.3) is 10.1 Å². The van der Waals surface area contributed by atoms with Gasteiger partial charge in [0.15, 0.2) is 5.13 Å². The smallest absolute Gasteiger partial charge is 0.180 e. The normalized spacial score (nSPS) is 8.58. The van der Waals surface area contributed by atoms with Crippen molar-refractivity contribution in [3.8, 4) is 0 Å². The maximum atomic E-state index is 5.29. The summed E-state index contributed by atoms with van der Waals surface area (Å²) in [5.41, 5.74) is 6.29. The van der Waals surface area contributed by atoms with Crippen LogP contribution in [0.4, 0.5) is 5.13 Å². The Kier molecular flexibility index (Phi) is 8.83. The first kappa shape index (κ1) is 17.6. The Hall–Kier alpha value is -1.39. The molecular weight excluding hydrogens is 272 g/mol. The molecule has 0 atom stereocenters. The predicted molar refractivity (Wildman–Crippen MR) is 91.2 cm³/mol.